The molecule has 0 bridgehead atoms. The monoisotopic (exact) mass is 432 g/mol. The highest BCUT2D eigenvalue weighted by Crippen LogP contribution is 2.34. The largest absolute Gasteiger partial charge is 0.494 e. The number of anilines is 1. The average molecular weight is 433 g/mol. The normalized spacial score (nSPS) is 19.8. The number of hydrogen-bond acceptors (Lipinski definition) is 5. The molecule has 0 aromatic heterocycles. The van der Waals surface area contributed by atoms with Gasteiger partial charge >= 0.3 is 6.09 Å². The van der Waals surface area contributed by atoms with Gasteiger partial charge in [-0.1, -0.05) is 32.1 Å². The first-order valence-corrected chi connectivity index (χ1v) is 11.4. The molecule has 0 saturated heterocycles. The molecule has 1 aliphatic carbocycles. The summed E-state index contributed by atoms with van der Waals surface area (Å²) in [6, 6.07) is 4.67. The summed E-state index contributed by atoms with van der Waals surface area (Å²) in [5.74, 6) is 1.87. The van der Waals surface area contributed by atoms with Crippen LogP contribution in [0, 0.1) is 5.92 Å². The molecule has 0 spiro atoms. The van der Waals surface area contributed by atoms with Gasteiger partial charge < -0.3 is 24.4 Å². The van der Waals surface area contributed by atoms with E-state index in [9.17, 15) is 9.59 Å². The van der Waals surface area contributed by atoms with Gasteiger partial charge in [0.2, 0.25) is 0 Å². The standard InChI is InChI=1S/C24H36N2O5/c1-24(2,3)31-23(28)25-19-16-30-21-13-12-18(15-20(21)26(4)22(19)27)29-14-8-11-17-9-6-5-7-10-17/h12-13,15,17,19H,5-11,14,16H2,1-4H3,(H,25,28)/t19-/m0/s1. The summed E-state index contributed by atoms with van der Waals surface area (Å²) in [5, 5.41) is 2.61. The predicted molar refractivity (Wildman–Crippen MR) is 120 cm³/mol. The van der Waals surface area contributed by atoms with E-state index in [1.807, 2.05) is 18.2 Å². The average Bonchev–Trinajstić information content (AvgIpc) is 2.83. The summed E-state index contributed by atoms with van der Waals surface area (Å²) in [6.07, 6.45) is 8.41. The molecule has 1 saturated carbocycles. The lowest BCUT2D eigenvalue weighted by atomic mass is 9.86. The van der Waals surface area contributed by atoms with E-state index < -0.39 is 17.7 Å². The van der Waals surface area contributed by atoms with Crippen LogP contribution >= 0.6 is 0 Å². The van der Waals surface area contributed by atoms with Gasteiger partial charge in [0.05, 0.1) is 12.3 Å². The minimum Gasteiger partial charge on any atom is -0.494 e. The van der Waals surface area contributed by atoms with Crippen LogP contribution in [0.25, 0.3) is 0 Å². The van der Waals surface area contributed by atoms with E-state index in [2.05, 4.69) is 5.32 Å². The van der Waals surface area contributed by atoms with Gasteiger partial charge in [-0.2, -0.15) is 0 Å². The molecule has 1 aromatic carbocycles. The molecule has 7 nitrogen and oxygen atoms in total. The van der Waals surface area contributed by atoms with Gasteiger partial charge in [-0.15, -0.1) is 0 Å². The molecule has 2 amide bonds. The lowest BCUT2D eigenvalue weighted by molar-refractivity contribution is -0.120. The van der Waals surface area contributed by atoms with Crippen LogP contribution < -0.4 is 19.7 Å². The fourth-order valence-electron chi connectivity index (χ4n) is 4.16. The van der Waals surface area contributed by atoms with Crippen molar-refractivity contribution in [3.8, 4) is 11.5 Å². The summed E-state index contributed by atoms with van der Waals surface area (Å²) in [4.78, 5) is 26.5. The maximum Gasteiger partial charge on any atom is 0.408 e. The number of nitrogens with one attached hydrogen (secondary N) is 1. The van der Waals surface area contributed by atoms with E-state index >= 15 is 0 Å². The molecule has 7 heteroatoms. The molecular formula is C24H36N2O5. The Morgan fingerprint density at radius 2 is 1.97 bits per heavy atom. The summed E-state index contributed by atoms with van der Waals surface area (Å²) < 4.78 is 17.0. The Balaban J connectivity index is 1.56. The van der Waals surface area contributed by atoms with E-state index in [1.54, 1.807) is 27.8 Å². The Hall–Kier alpha value is -2.44. The Kier molecular flexibility index (Phi) is 7.68. The van der Waals surface area contributed by atoms with Gasteiger partial charge in [0.1, 0.15) is 29.7 Å². The molecule has 2 aliphatic rings. The quantitative estimate of drug-likeness (QED) is 0.661. The number of carbonyl (C=O) groups excluding carboxylic acids is 2. The molecule has 1 atom stereocenters. The van der Waals surface area contributed by atoms with E-state index in [1.165, 1.54) is 43.4 Å². The van der Waals surface area contributed by atoms with Crippen molar-refractivity contribution in [3.05, 3.63) is 18.2 Å². The SMILES string of the molecule is CN1C(=O)[C@@H](NC(=O)OC(C)(C)C)COc2ccc(OCCCC3CCCCC3)cc21. The van der Waals surface area contributed by atoms with Crippen molar-refractivity contribution in [2.24, 2.45) is 5.92 Å². The van der Waals surface area contributed by atoms with Crippen LogP contribution in [0.15, 0.2) is 18.2 Å². The summed E-state index contributed by atoms with van der Waals surface area (Å²) >= 11 is 0. The van der Waals surface area contributed by atoms with Gasteiger partial charge in [0.25, 0.3) is 5.91 Å². The van der Waals surface area contributed by atoms with Gasteiger partial charge in [0.15, 0.2) is 0 Å². The number of nitrogens with zero attached hydrogens (tertiary/aromatic N) is 1. The minimum atomic E-state index is -0.827. The van der Waals surface area contributed by atoms with Crippen LogP contribution in [-0.4, -0.2) is 43.9 Å². The summed E-state index contributed by atoms with van der Waals surface area (Å²) in [5.41, 5.74) is -0.0140. The van der Waals surface area contributed by atoms with Crippen molar-refractivity contribution in [2.75, 3.05) is 25.2 Å². The molecule has 31 heavy (non-hydrogen) atoms. The maximum absolute atomic E-state index is 12.9. The number of alkyl carbamates (subject to hydrolysis) is 1. The van der Waals surface area contributed by atoms with Crippen LogP contribution in [0.2, 0.25) is 0 Å². The highest BCUT2D eigenvalue weighted by atomic mass is 16.6. The van der Waals surface area contributed by atoms with E-state index in [0.717, 1.165) is 12.3 Å². The predicted octanol–water partition coefficient (Wildman–Crippen LogP) is 4.67. The first kappa shape index (κ1) is 23.2. The molecule has 172 valence electrons. The second-order valence-corrected chi connectivity index (χ2v) is 9.53. The Bertz CT molecular complexity index is 768. The highest BCUT2D eigenvalue weighted by molar-refractivity contribution is 6.00. The fraction of sp³-hybridized carbons (Fsp3) is 0.667. The maximum atomic E-state index is 12.9. The molecule has 0 radical (unpaired) electrons. The number of rotatable bonds is 6. The Morgan fingerprint density at radius 3 is 2.68 bits per heavy atom. The van der Waals surface area contributed by atoms with Crippen LogP contribution in [0.5, 0.6) is 11.5 Å². The zero-order chi connectivity index (χ0) is 22.4. The summed E-state index contributed by atoms with van der Waals surface area (Å²) in [6.45, 7) is 6.03. The van der Waals surface area contributed by atoms with Crippen LogP contribution in [0.3, 0.4) is 0 Å². The van der Waals surface area contributed by atoms with Gasteiger partial charge in [-0.25, -0.2) is 4.79 Å². The third-order valence-corrected chi connectivity index (χ3v) is 5.77. The number of fused-ring (bicyclic) bond motifs is 1. The van der Waals surface area contributed by atoms with Crippen LogP contribution in [0.4, 0.5) is 10.5 Å². The van der Waals surface area contributed by atoms with Crippen molar-refractivity contribution in [1.29, 1.82) is 0 Å². The zero-order valence-electron chi connectivity index (χ0n) is 19.2. The van der Waals surface area contributed by atoms with Gasteiger partial charge in [-0.3, -0.25) is 4.79 Å². The smallest absolute Gasteiger partial charge is 0.408 e. The van der Waals surface area contributed by atoms with Crippen molar-refractivity contribution < 1.29 is 23.8 Å². The third-order valence-electron chi connectivity index (χ3n) is 5.77. The molecule has 1 aromatic rings. The second-order valence-electron chi connectivity index (χ2n) is 9.53. The fourth-order valence-corrected chi connectivity index (χ4v) is 4.16. The number of hydrogen-bond donors (Lipinski definition) is 1. The first-order chi connectivity index (χ1) is 14.7. The molecular weight excluding hydrogens is 396 g/mol. The molecule has 1 fully saturated rings. The number of likely N-dealkylation sites (N-methyl/N-ethyl adjacent to an activating group) is 1. The minimum absolute atomic E-state index is 0.0387. The van der Waals surface area contributed by atoms with Crippen LogP contribution in [-0.2, 0) is 9.53 Å². The van der Waals surface area contributed by atoms with Gasteiger partial charge in [-0.05, 0) is 51.7 Å². The lowest BCUT2D eigenvalue weighted by Crippen LogP contribution is -2.50. The second kappa shape index (κ2) is 10.2. The first-order valence-electron chi connectivity index (χ1n) is 11.4. The van der Waals surface area contributed by atoms with Crippen molar-refractivity contribution in [1.82, 2.24) is 5.32 Å². The number of amides is 2. The topological polar surface area (TPSA) is 77.1 Å². The summed E-state index contributed by atoms with van der Waals surface area (Å²) in [7, 11) is 1.67. The number of ether oxygens (including phenoxy) is 3. The van der Waals surface area contributed by atoms with Crippen molar-refractivity contribution >= 4 is 17.7 Å². The highest BCUT2D eigenvalue weighted by Gasteiger charge is 2.32. The lowest BCUT2D eigenvalue weighted by Gasteiger charge is -2.24. The Labute approximate surface area is 185 Å². The Morgan fingerprint density at radius 1 is 1.23 bits per heavy atom. The molecule has 3 rings (SSSR count). The zero-order valence-corrected chi connectivity index (χ0v) is 19.2. The van der Waals surface area contributed by atoms with Crippen LogP contribution in [0.1, 0.15) is 65.7 Å². The van der Waals surface area contributed by atoms with Crippen molar-refractivity contribution in [2.45, 2.75) is 77.4 Å². The van der Waals surface area contributed by atoms with E-state index in [-0.39, 0.29) is 12.5 Å². The number of benzene rings is 1. The van der Waals surface area contributed by atoms with Gasteiger partial charge in [0, 0.05) is 13.1 Å². The molecule has 1 N–H and O–H groups in total. The van der Waals surface area contributed by atoms with E-state index in [0.29, 0.717) is 23.8 Å². The van der Waals surface area contributed by atoms with Crippen molar-refractivity contribution in [3.63, 3.8) is 0 Å². The molecule has 1 aliphatic heterocycles. The number of carbonyl (C=O) groups is 2. The third kappa shape index (κ3) is 6.77. The molecule has 1 heterocycles. The molecule has 0 unspecified atom stereocenters. The van der Waals surface area contributed by atoms with E-state index in [4.69, 9.17) is 14.2 Å².